The molecule has 1 aromatic rings. The van der Waals surface area contributed by atoms with Gasteiger partial charge in [0.2, 0.25) is 0 Å². The number of ether oxygens (including phenoxy) is 2. The first-order chi connectivity index (χ1) is 12.4. The van der Waals surface area contributed by atoms with E-state index in [2.05, 4.69) is 50.2 Å². The maximum atomic E-state index is 5.36. The Bertz CT molecular complexity index is 557. The van der Waals surface area contributed by atoms with E-state index >= 15 is 0 Å². The predicted octanol–water partition coefficient (Wildman–Crippen LogP) is 4.21. The van der Waals surface area contributed by atoms with Crippen molar-refractivity contribution in [2.75, 3.05) is 39.2 Å². The molecular weight excluding hydrogens is 455 g/mol. The van der Waals surface area contributed by atoms with Crippen molar-refractivity contribution in [2.24, 2.45) is 4.99 Å². The highest BCUT2D eigenvalue weighted by Gasteiger charge is 2.12. The van der Waals surface area contributed by atoms with Crippen LogP contribution in [0, 0.1) is 0 Å². The van der Waals surface area contributed by atoms with Crippen molar-refractivity contribution in [1.29, 1.82) is 0 Å². The number of aliphatic imine (C=N–C) groups is 1. The van der Waals surface area contributed by atoms with Gasteiger partial charge < -0.3 is 20.1 Å². The average Bonchev–Trinajstić information content (AvgIpc) is 2.60. The summed E-state index contributed by atoms with van der Waals surface area (Å²) in [5.41, 5.74) is 0.910. The molecule has 1 aromatic carbocycles. The van der Waals surface area contributed by atoms with Gasteiger partial charge in [0.15, 0.2) is 17.5 Å². The first-order valence-electron chi connectivity index (χ1n) is 9.46. The lowest BCUT2D eigenvalue weighted by Crippen LogP contribution is -2.38. The van der Waals surface area contributed by atoms with Gasteiger partial charge in [-0.1, -0.05) is 0 Å². The van der Waals surface area contributed by atoms with E-state index in [4.69, 9.17) is 14.5 Å². The zero-order valence-electron chi connectivity index (χ0n) is 17.8. The Hall–Kier alpha value is -1.22. The molecule has 0 radical (unpaired) electrons. The van der Waals surface area contributed by atoms with E-state index in [0.717, 1.165) is 37.7 Å². The number of nitrogens with one attached hydrogen (secondary N) is 2. The fraction of sp³-hybridized carbons (Fsp3) is 0.650. The van der Waals surface area contributed by atoms with E-state index in [1.807, 2.05) is 18.2 Å². The summed E-state index contributed by atoms with van der Waals surface area (Å²) in [6.07, 6.45) is 1.03. The van der Waals surface area contributed by atoms with Crippen LogP contribution in [-0.2, 0) is 0 Å². The van der Waals surface area contributed by atoms with Crippen molar-refractivity contribution in [3.05, 3.63) is 18.2 Å². The van der Waals surface area contributed by atoms with Gasteiger partial charge in [0.25, 0.3) is 0 Å². The molecule has 0 bridgehead atoms. The Labute approximate surface area is 182 Å². The van der Waals surface area contributed by atoms with E-state index in [9.17, 15) is 0 Å². The molecular formula is C20H37IN4O2. The minimum atomic E-state index is 0. The molecule has 0 heterocycles. The van der Waals surface area contributed by atoms with E-state index < -0.39 is 0 Å². The van der Waals surface area contributed by atoms with Crippen LogP contribution in [0.1, 0.15) is 41.0 Å². The monoisotopic (exact) mass is 492 g/mol. The van der Waals surface area contributed by atoms with Crippen molar-refractivity contribution >= 4 is 35.6 Å². The lowest BCUT2D eigenvalue weighted by molar-refractivity contribution is 0.174. The Balaban J connectivity index is 0.00000676. The van der Waals surface area contributed by atoms with Crippen molar-refractivity contribution in [3.63, 3.8) is 0 Å². The normalized spacial score (nSPS) is 11.6. The molecule has 0 amide bonds. The molecule has 6 nitrogen and oxygen atoms in total. The second-order valence-electron chi connectivity index (χ2n) is 6.73. The van der Waals surface area contributed by atoms with Gasteiger partial charge in [-0.15, -0.1) is 24.0 Å². The molecule has 1 rings (SSSR count). The number of hydrogen-bond donors (Lipinski definition) is 2. The summed E-state index contributed by atoms with van der Waals surface area (Å²) in [7, 11) is 3.27. The van der Waals surface area contributed by atoms with Crippen LogP contribution in [0.4, 0.5) is 5.69 Å². The molecule has 0 spiro atoms. The van der Waals surface area contributed by atoms with Gasteiger partial charge in [0.05, 0.1) is 14.2 Å². The first kappa shape index (κ1) is 25.8. The lowest BCUT2D eigenvalue weighted by atomic mass is 10.2. The third-order valence-electron chi connectivity index (χ3n) is 4.16. The zero-order valence-corrected chi connectivity index (χ0v) is 20.2. The fourth-order valence-corrected chi connectivity index (χ4v) is 2.91. The molecule has 27 heavy (non-hydrogen) atoms. The molecule has 0 saturated carbocycles. The van der Waals surface area contributed by atoms with Crippen LogP contribution in [0.25, 0.3) is 0 Å². The number of rotatable bonds is 10. The van der Waals surface area contributed by atoms with Crippen molar-refractivity contribution in [3.8, 4) is 11.5 Å². The Kier molecular flexibility index (Phi) is 13.2. The lowest BCUT2D eigenvalue weighted by Gasteiger charge is -2.30. The quantitative estimate of drug-likeness (QED) is 0.222. The van der Waals surface area contributed by atoms with E-state index in [0.29, 0.717) is 23.6 Å². The molecule has 0 unspecified atom stereocenters. The third kappa shape index (κ3) is 9.01. The smallest absolute Gasteiger partial charge is 0.195 e. The van der Waals surface area contributed by atoms with Gasteiger partial charge in [-0.25, -0.2) is 0 Å². The summed E-state index contributed by atoms with van der Waals surface area (Å²) in [6, 6.07) is 6.85. The van der Waals surface area contributed by atoms with Gasteiger partial charge in [0, 0.05) is 43.5 Å². The van der Waals surface area contributed by atoms with Crippen LogP contribution in [0.15, 0.2) is 23.2 Å². The van der Waals surface area contributed by atoms with Crippen molar-refractivity contribution < 1.29 is 9.47 Å². The molecule has 0 aliphatic heterocycles. The summed E-state index contributed by atoms with van der Waals surface area (Å²) in [6.45, 7) is 13.7. The summed E-state index contributed by atoms with van der Waals surface area (Å²) in [5.74, 6) is 2.18. The van der Waals surface area contributed by atoms with Crippen LogP contribution in [-0.4, -0.2) is 56.8 Å². The average molecular weight is 492 g/mol. The summed E-state index contributed by atoms with van der Waals surface area (Å²) >= 11 is 0. The topological polar surface area (TPSA) is 58.1 Å². The van der Waals surface area contributed by atoms with Gasteiger partial charge in [-0.2, -0.15) is 0 Å². The number of nitrogens with zero attached hydrogens (tertiary/aromatic N) is 2. The fourth-order valence-electron chi connectivity index (χ4n) is 2.91. The van der Waals surface area contributed by atoms with Crippen LogP contribution < -0.4 is 20.1 Å². The molecule has 0 aliphatic carbocycles. The number of anilines is 1. The second kappa shape index (κ2) is 13.9. The Morgan fingerprint density at radius 2 is 1.70 bits per heavy atom. The Morgan fingerprint density at radius 1 is 1.07 bits per heavy atom. The van der Waals surface area contributed by atoms with Crippen LogP contribution >= 0.6 is 24.0 Å². The number of benzene rings is 1. The Morgan fingerprint density at radius 3 is 2.22 bits per heavy atom. The summed E-state index contributed by atoms with van der Waals surface area (Å²) < 4.78 is 10.6. The highest BCUT2D eigenvalue weighted by molar-refractivity contribution is 14.0. The number of halogens is 1. The molecule has 156 valence electrons. The van der Waals surface area contributed by atoms with E-state index in [1.165, 1.54) is 0 Å². The van der Waals surface area contributed by atoms with Crippen molar-refractivity contribution in [1.82, 2.24) is 10.2 Å². The highest BCUT2D eigenvalue weighted by Crippen LogP contribution is 2.29. The summed E-state index contributed by atoms with van der Waals surface area (Å²) in [5, 5.41) is 6.61. The van der Waals surface area contributed by atoms with E-state index in [-0.39, 0.29) is 24.0 Å². The largest absolute Gasteiger partial charge is 0.493 e. The standard InChI is InChI=1S/C20H36N4O2.HI/c1-8-21-20(22-12-9-13-24(15(2)3)16(4)5)23-17-10-11-18(25-6)19(14-17)26-7;/h10-11,14-16H,8-9,12-13H2,1-7H3,(H2,21,22,23);1H. The van der Waals surface area contributed by atoms with Crippen LogP contribution in [0.2, 0.25) is 0 Å². The van der Waals surface area contributed by atoms with Crippen molar-refractivity contribution in [2.45, 2.75) is 53.1 Å². The summed E-state index contributed by atoms with van der Waals surface area (Å²) in [4.78, 5) is 7.18. The third-order valence-corrected chi connectivity index (χ3v) is 4.16. The number of guanidine groups is 1. The molecule has 2 N–H and O–H groups in total. The van der Waals surface area contributed by atoms with Gasteiger partial charge in [-0.05, 0) is 53.2 Å². The van der Waals surface area contributed by atoms with Crippen LogP contribution in [0.3, 0.4) is 0 Å². The SMILES string of the molecule is CCNC(=NCCCN(C(C)C)C(C)C)Nc1ccc(OC)c(OC)c1.I. The number of hydrogen-bond acceptors (Lipinski definition) is 4. The molecule has 0 aromatic heterocycles. The molecule has 0 atom stereocenters. The maximum Gasteiger partial charge on any atom is 0.195 e. The van der Waals surface area contributed by atoms with Gasteiger partial charge >= 0.3 is 0 Å². The van der Waals surface area contributed by atoms with Crippen LogP contribution in [0.5, 0.6) is 11.5 Å². The molecule has 7 heteroatoms. The number of methoxy groups -OCH3 is 2. The second-order valence-corrected chi connectivity index (χ2v) is 6.73. The zero-order chi connectivity index (χ0) is 19.5. The van der Waals surface area contributed by atoms with E-state index in [1.54, 1.807) is 14.2 Å². The molecule has 0 fully saturated rings. The highest BCUT2D eigenvalue weighted by atomic mass is 127. The van der Waals surface area contributed by atoms with Gasteiger partial charge in [0.1, 0.15) is 0 Å². The predicted molar refractivity (Wildman–Crippen MR) is 126 cm³/mol. The maximum absolute atomic E-state index is 5.36. The minimum absolute atomic E-state index is 0. The molecule has 0 aliphatic rings. The first-order valence-corrected chi connectivity index (χ1v) is 9.46. The van der Waals surface area contributed by atoms with Gasteiger partial charge in [-0.3, -0.25) is 9.89 Å². The molecule has 0 saturated heterocycles. The minimum Gasteiger partial charge on any atom is -0.493 e.